The van der Waals surface area contributed by atoms with E-state index >= 15 is 0 Å². The quantitative estimate of drug-likeness (QED) is 0.192. The summed E-state index contributed by atoms with van der Waals surface area (Å²) in [5, 5.41) is 2.55. The number of anilines is 2. The van der Waals surface area contributed by atoms with Gasteiger partial charge in [0.25, 0.3) is 5.91 Å². The molecule has 4 aromatic rings. The zero-order chi connectivity index (χ0) is 32.5. The molecule has 2 N–H and O–H groups in total. The fourth-order valence-electron chi connectivity index (χ4n) is 5.57. The Hall–Kier alpha value is -4.88. The van der Waals surface area contributed by atoms with Gasteiger partial charge in [-0.3, -0.25) is 19.2 Å². The van der Waals surface area contributed by atoms with Crippen LogP contribution in [0, 0.1) is 12.8 Å². The standard InChI is InChI=1S/C33H29N3O8S2/c1-4-43-32(40)18-7-10-20(11-8-18)34-24(37)16-44-22-14-9-19(15-23(22)42-3)25-26-28(45-29-27(25)46-33(41)35-29)31(39)36(30(26)38)21-12-5-17(2)6-13-21/h5-15,25-26,28H,4,16H2,1-3H3,(H,34,37)(H,35,41)/t25-,26-,28+/m0/s1. The van der Waals surface area contributed by atoms with Crippen LogP contribution in [0.1, 0.15) is 39.2 Å². The molecule has 3 heterocycles. The first-order chi connectivity index (χ1) is 22.2. The lowest BCUT2D eigenvalue weighted by atomic mass is 9.83. The van der Waals surface area contributed by atoms with Crippen molar-refractivity contribution in [2.75, 3.05) is 30.5 Å². The molecule has 2 aliphatic heterocycles. The monoisotopic (exact) mass is 659 g/mol. The summed E-state index contributed by atoms with van der Waals surface area (Å²) in [6, 6.07) is 18.6. The molecule has 1 fully saturated rings. The molecule has 0 unspecified atom stereocenters. The Morgan fingerprint density at radius 3 is 2.39 bits per heavy atom. The highest BCUT2D eigenvalue weighted by Gasteiger charge is 2.56. The minimum Gasteiger partial charge on any atom is -0.493 e. The first-order valence-electron chi connectivity index (χ1n) is 14.4. The average Bonchev–Trinajstić information content (AvgIpc) is 3.54. The third-order valence-electron chi connectivity index (χ3n) is 7.70. The van der Waals surface area contributed by atoms with Crippen LogP contribution in [0.4, 0.5) is 11.4 Å². The van der Waals surface area contributed by atoms with Gasteiger partial charge in [-0.25, -0.2) is 9.69 Å². The lowest BCUT2D eigenvalue weighted by molar-refractivity contribution is -0.122. The first-order valence-corrected chi connectivity index (χ1v) is 16.1. The van der Waals surface area contributed by atoms with Crippen molar-refractivity contribution in [3.63, 3.8) is 0 Å². The molecule has 11 nitrogen and oxygen atoms in total. The molecule has 0 saturated carbocycles. The summed E-state index contributed by atoms with van der Waals surface area (Å²) in [5.74, 6) is -2.30. The van der Waals surface area contributed by atoms with Gasteiger partial charge in [-0.1, -0.05) is 46.9 Å². The van der Waals surface area contributed by atoms with Crippen LogP contribution in [0.2, 0.25) is 0 Å². The summed E-state index contributed by atoms with van der Waals surface area (Å²) in [4.78, 5) is 69.0. The number of carbonyl (C=O) groups excluding carboxylic acids is 4. The van der Waals surface area contributed by atoms with E-state index in [1.54, 1.807) is 61.5 Å². The Kier molecular flexibility index (Phi) is 8.69. The van der Waals surface area contributed by atoms with Crippen molar-refractivity contribution >= 4 is 58.2 Å². The third-order valence-corrected chi connectivity index (χ3v) is 10.1. The molecule has 1 saturated heterocycles. The predicted octanol–water partition coefficient (Wildman–Crippen LogP) is 4.74. The zero-order valence-electron chi connectivity index (χ0n) is 25.0. The minimum absolute atomic E-state index is 0.263. The van der Waals surface area contributed by atoms with Gasteiger partial charge in [-0.15, -0.1) is 0 Å². The number of hydrogen-bond acceptors (Lipinski definition) is 10. The summed E-state index contributed by atoms with van der Waals surface area (Å²) < 4.78 is 16.4. The number of aromatic nitrogens is 1. The van der Waals surface area contributed by atoms with Crippen LogP contribution in [-0.4, -0.2) is 54.2 Å². The lowest BCUT2D eigenvalue weighted by Crippen LogP contribution is -2.32. The van der Waals surface area contributed by atoms with Crippen molar-refractivity contribution in [2.45, 2.75) is 30.0 Å². The van der Waals surface area contributed by atoms with E-state index in [1.807, 2.05) is 19.1 Å². The van der Waals surface area contributed by atoms with Crippen LogP contribution in [0.25, 0.3) is 0 Å². The average molecular weight is 660 g/mol. The van der Waals surface area contributed by atoms with Gasteiger partial charge < -0.3 is 24.5 Å². The van der Waals surface area contributed by atoms with Crippen LogP contribution in [-0.2, 0) is 19.1 Å². The number of aryl methyl sites for hydroxylation is 1. The molecule has 236 valence electrons. The number of nitrogens with one attached hydrogen (secondary N) is 2. The second kappa shape index (κ2) is 12.9. The maximum atomic E-state index is 14.0. The van der Waals surface area contributed by atoms with Gasteiger partial charge in [0.2, 0.25) is 11.8 Å². The molecule has 3 atom stereocenters. The van der Waals surface area contributed by atoms with E-state index in [0.29, 0.717) is 43.9 Å². The molecule has 0 radical (unpaired) electrons. The van der Waals surface area contributed by atoms with Crippen molar-refractivity contribution in [3.8, 4) is 11.5 Å². The highest BCUT2D eigenvalue weighted by Crippen LogP contribution is 2.53. The molecule has 0 spiro atoms. The number of nitrogens with zero attached hydrogens (tertiary/aromatic N) is 1. The van der Waals surface area contributed by atoms with Crippen molar-refractivity contribution in [1.82, 2.24) is 4.98 Å². The van der Waals surface area contributed by atoms with Gasteiger partial charge in [0, 0.05) is 16.5 Å². The number of hydrogen-bond donors (Lipinski definition) is 2. The molecule has 0 bridgehead atoms. The number of methoxy groups -OCH3 is 1. The summed E-state index contributed by atoms with van der Waals surface area (Å²) in [7, 11) is 1.46. The number of thioether (sulfide) groups is 1. The number of benzene rings is 3. The summed E-state index contributed by atoms with van der Waals surface area (Å²) >= 11 is 2.23. The van der Waals surface area contributed by atoms with Gasteiger partial charge >= 0.3 is 10.8 Å². The highest BCUT2D eigenvalue weighted by atomic mass is 32.2. The van der Waals surface area contributed by atoms with E-state index in [2.05, 4.69) is 10.3 Å². The number of esters is 1. The molecule has 3 amide bonds. The van der Waals surface area contributed by atoms with E-state index in [9.17, 15) is 24.0 Å². The van der Waals surface area contributed by atoms with E-state index in [4.69, 9.17) is 14.2 Å². The number of thiazole rings is 1. The molecule has 1 aromatic heterocycles. The van der Waals surface area contributed by atoms with Gasteiger partial charge in [0.05, 0.1) is 35.9 Å². The number of carbonyl (C=O) groups is 4. The molecule has 2 aliphatic rings. The van der Waals surface area contributed by atoms with Crippen LogP contribution in [0.15, 0.2) is 76.6 Å². The fraction of sp³-hybridized carbons (Fsp3) is 0.242. The number of H-pyrrole nitrogens is 1. The smallest absolute Gasteiger partial charge is 0.338 e. The van der Waals surface area contributed by atoms with Crippen molar-refractivity contribution in [3.05, 3.63) is 98.0 Å². The second-order valence-corrected chi connectivity index (χ2v) is 12.8. The fourth-order valence-corrected chi connectivity index (χ4v) is 8.08. The lowest BCUT2D eigenvalue weighted by Gasteiger charge is -2.30. The molecule has 3 aromatic carbocycles. The topological polar surface area (TPSA) is 144 Å². The largest absolute Gasteiger partial charge is 0.493 e. The van der Waals surface area contributed by atoms with Crippen molar-refractivity contribution in [2.24, 2.45) is 5.92 Å². The Morgan fingerprint density at radius 2 is 1.70 bits per heavy atom. The van der Waals surface area contributed by atoms with Crippen LogP contribution < -0.4 is 24.6 Å². The molecule has 0 aliphatic carbocycles. The highest BCUT2D eigenvalue weighted by molar-refractivity contribution is 8.00. The van der Waals surface area contributed by atoms with Gasteiger partial charge in [0.1, 0.15) is 5.25 Å². The second-order valence-electron chi connectivity index (χ2n) is 10.6. The summed E-state index contributed by atoms with van der Waals surface area (Å²) in [5.41, 5.74) is 3.01. The maximum absolute atomic E-state index is 14.0. The Labute approximate surface area is 271 Å². The number of ether oxygens (including phenoxy) is 3. The summed E-state index contributed by atoms with van der Waals surface area (Å²) in [6.07, 6.45) is 0. The third kappa shape index (κ3) is 5.90. The maximum Gasteiger partial charge on any atom is 0.338 e. The van der Waals surface area contributed by atoms with E-state index < -0.39 is 29.0 Å². The van der Waals surface area contributed by atoms with E-state index in [-0.39, 0.29) is 29.9 Å². The molecule has 6 rings (SSSR count). The normalized spacial score (nSPS) is 18.5. The Balaban J connectivity index is 1.22. The Morgan fingerprint density at radius 1 is 0.957 bits per heavy atom. The number of fused-ring (bicyclic) bond motifs is 2. The number of imide groups is 1. The molecular weight excluding hydrogens is 631 g/mol. The Bertz CT molecular complexity index is 1880. The predicted molar refractivity (Wildman–Crippen MR) is 173 cm³/mol. The number of rotatable bonds is 9. The van der Waals surface area contributed by atoms with E-state index in [0.717, 1.165) is 16.9 Å². The SMILES string of the molecule is CCOC(=O)c1ccc(NC(=O)COc2ccc([C@@H]3c4sc(=O)[nH]c4S[C@H]4C(=O)N(c5ccc(C)cc5)C(=O)[C@@H]34)cc2OC)cc1. The number of aromatic amines is 1. The van der Waals surface area contributed by atoms with Gasteiger partial charge in [-0.2, -0.15) is 0 Å². The molecule has 13 heteroatoms. The van der Waals surface area contributed by atoms with Crippen LogP contribution in [0.5, 0.6) is 11.5 Å². The number of amides is 3. The zero-order valence-corrected chi connectivity index (χ0v) is 26.7. The van der Waals surface area contributed by atoms with Crippen molar-refractivity contribution < 1.29 is 33.4 Å². The van der Waals surface area contributed by atoms with Crippen LogP contribution >= 0.6 is 23.1 Å². The first kappa shape index (κ1) is 31.1. The molecule has 46 heavy (non-hydrogen) atoms. The van der Waals surface area contributed by atoms with Crippen molar-refractivity contribution in [1.29, 1.82) is 0 Å². The molecular formula is C33H29N3O8S2. The summed E-state index contributed by atoms with van der Waals surface area (Å²) in [6.45, 7) is 3.58. The van der Waals surface area contributed by atoms with Gasteiger partial charge in [-0.05, 0) is 67.9 Å². The van der Waals surface area contributed by atoms with Gasteiger partial charge in [0.15, 0.2) is 18.1 Å². The van der Waals surface area contributed by atoms with E-state index in [1.165, 1.54) is 23.8 Å². The minimum atomic E-state index is -0.754. The van der Waals surface area contributed by atoms with Crippen LogP contribution in [0.3, 0.4) is 0 Å².